The Kier molecular flexibility index (Phi) is 4.39. The Labute approximate surface area is 102 Å². The van der Waals surface area contributed by atoms with Crippen LogP contribution in [-0.4, -0.2) is 27.8 Å². The number of alkyl halides is 3. The maximum Gasteiger partial charge on any atom is 0.418 e. The Morgan fingerprint density at radius 2 is 2.11 bits per heavy atom. The monoisotopic (exact) mass is 264 g/mol. The van der Waals surface area contributed by atoms with E-state index in [1.54, 1.807) is 13.8 Å². The zero-order chi connectivity index (χ0) is 13.9. The summed E-state index contributed by atoms with van der Waals surface area (Å²) in [6.07, 6.45) is -4.79. The fourth-order valence-corrected chi connectivity index (χ4v) is 1.44. The van der Waals surface area contributed by atoms with Crippen LogP contribution in [0.1, 0.15) is 25.5 Å². The molecule has 0 saturated carbocycles. The highest BCUT2D eigenvalue weighted by molar-refractivity contribution is 5.75. The number of aliphatic hydroxyl groups is 1. The first kappa shape index (κ1) is 14.6. The molecular weight excluding hydrogens is 249 g/mol. The van der Waals surface area contributed by atoms with E-state index in [2.05, 4.69) is 5.32 Å². The summed E-state index contributed by atoms with van der Waals surface area (Å²) in [5, 5.41) is 11.6. The lowest BCUT2D eigenvalue weighted by Gasteiger charge is -2.12. The maximum atomic E-state index is 12.2. The molecule has 0 spiro atoms. The zero-order valence-electron chi connectivity index (χ0n) is 10.0. The maximum absolute atomic E-state index is 12.2. The summed E-state index contributed by atoms with van der Waals surface area (Å²) in [6.45, 7) is 3.49. The summed E-state index contributed by atoms with van der Waals surface area (Å²) < 4.78 is 38.0. The molecule has 1 amide bonds. The molecular formula is C11H15F3N2O2. The van der Waals surface area contributed by atoms with Gasteiger partial charge in [0.25, 0.3) is 0 Å². The first-order valence-corrected chi connectivity index (χ1v) is 5.40. The standard InChI is InChI=1S/C11H15F3N2O2/c1-7(2)15-9(17)6-16-4-3-8(5-16)10(18)11(12,13)14/h3-5,7,10,18H,6H2,1-2H3,(H,15,17). The molecule has 1 rings (SSSR count). The number of hydrogen-bond donors (Lipinski definition) is 2. The molecule has 1 unspecified atom stereocenters. The van der Waals surface area contributed by atoms with E-state index in [1.165, 1.54) is 10.8 Å². The molecule has 1 aromatic heterocycles. The third kappa shape index (κ3) is 4.06. The van der Waals surface area contributed by atoms with Crippen LogP contribution in [0.5, 0.6) is 0 Å². The predicted molar refractivity (Wildman–Crippen MR) is 58.7 cm³/mol. The minimum atomic E-state index is -4.70. The van der Waals surface area contributed by atoms with Crippen molar-refractivity contribution in [2.75, 3.05) is 0 Å². The van der Waals surface area contributed by atoms with E-state index in [0.29, 0.717) is 0 Å². The van der Waals surface area contributed by atoms with Gasteiger partial charge in [-0.15, -0.1) is 0 Å². The summed E-state index contributed by atoms with van der Waals surface area (Å²) in [5.41, 5.74) is -0.278. The normalized spacial score (nSPS) is 13.7. The largest absolute Gasteiger partial charge is 0.418 e. The van der Waals surface area contributed by atoms with Crippen molar-refractivity contribution in [2.45, 2.75) is 38.7 Å². The van der Waals surface area contributed by atoms with Gasteiger partial charge >= 0.3 is 6.18 Å². The van der Waals surface area contributed by atoms with Crippen LogP contribution >= 0.6 is 0 Å². The number of carbonyl (C=O) groups excluding carboxylic acids is 1. The molecule has 1 heterocycles. The molecule has 7 heteroatoms. The number of aromatic nitrogens is 1. The van der Waals surface area contributed by atoms with Gasteiger partial charge in [-0.05, 0) is 19.9 Å². The van der Waals surface area contributed by atoms with Gasteiger partial charge < -0.3 is 15.0 Å². The van der Waals surface area contributed by atoms with Gasteiger partial charge in [-0.25, -0.2) is 0 Å². The number of nitrogens with one attached hydrogen (secondary N) is 1. The third-order valence-electron chi connectivity index (χ3n) is 2.17. The molecule has 0 radical (unpaired) electrons. The topological polar surface area (TPSA) is 54.3 Å². The Morgan fingerprint density at radius 1 is 1.50 bits per heavy atom. The number of nitrogens with zero attached hydrogens (tertiary/aromatic N) is 1. The van der Waals surface area contributed by atoms with Gasteiger partial charge in [0.15, 0.2) is 6.10 Å². The second kappa shape index (κ2) is 5.43. The average Bonchev–Trinajstić information content (AvgIpc) is 2.61. The van der Waals surface area contributed by atoms with Crippen LogP contribution in [0.2, 0.25) is 0 Å². The van der Waals surface area contributed by atoms with Crippen molar-refractivity contribution in [3.8, 4) is 0 Å². The van der Waals surface area contributed by atoms with Crippen LogP contribution in [-0.2, 0) is 11.3 Å². The minimum absolute atomic E-state index is 0.0340. The molecule has 0 fully saturated rings. The smallest absolute Gasteiger partial charge is 0.379 e. The van der Waals surface area contributed by atoms with Crippen LogP contribution in [0, 0.1) is 0 Å². The number of aliphatic hydroxyl groups excluding tert-OH is 1. The van der Waals surface area contributed by atoms with E-state index in [4.69, 9.17) is 5.11 Å². The van der Waals surface area contributed by atoms with Crippen molar-refractivity contribution < 1.29 is 23.1 Å². The first-order chi connectivity index (χ1) is 8.20. The lowest BCUT2D eigenvalue weighted by molar-refractivity contribution is -0.206. The van der Waals surface area contributed by atoms with Gasteiger partial charge in [0.1, 0.15) is 6.54 Å². The van der Waals surface area contributed by atoms with E-state index >= 15 is 0 Å². The number of hydrogen-bond acceptors (Lipinski definition) is 2. The van der Waals surface area contributed by atoms with Crippen molar-refractivity contribution in [3.63, 3.8) is 0 Å². The molecule has 0 aliphatic carbocycles. The van der Waals surface area contributed by atoms with Gasteiger partial charge in [-0.2, -0.15) is 13.2 Å². The highest BCUT2D eigenvalue weighted by Gasteiger charge is 2.39. The second-order valence-corrected chi connectivity index (χ2v) is 4.28. The van der Waals surface area contributed by atoms with E-state index in [1.807, 2.05) is 0 Å². The number of halogens is 3. The molecule has 1 atom stereocenters. The van der Waals surface area contributed by atoms with Crippen LogP contribution in [0.3, 0.4) is 0 Å². The molecule has 18 heavy (non-hydrogen) atoms. The van der Waals surface area contributed by atoms with Gasteiger partial charge in [0.05, 0.1) is 0 Å². The van der Waals surface area contributed by atoms with E-state index in [9.17, 15) is 18.0 Å². The van der Waals surface area contributed by atoms with Crippen molar-refractivity contribution in [1.29, 1.82) is 0 Å². The highest BCUT2D eigenvalue weighted by Crippen LogP contribution is 2.32. The van der Waals surface area contributed by atoms with Crippen LogP contribution < -0.4 is 5.32 Å². The molecule has 1 aromatic rings. The first-order valence-electron chi connectivity index (χ1n) is 5.40. The molecule has 102 valence electrons. The van der Waals surface area contributed by atoms with E-state index in [-0.39, 0.29) is 24.1 Å². The number of carbonyl (C=O) groups is 1. The molecule has 0 aliphatic heterocycles. The molecule has 2 N–H and O–H groups in total. The Balaban J connectivity index is 2.67. The Morgan fingerprint density at radius 3 is 2.61 bits per heavy atom. The van der Waals surface area contributed by atoms with Gasteiger partial charge in [0, 0.05) is 24.0 Å². The Hall–Kier alpha value is -1.50. The SMILES string of the molecule is CC(C)NC(=O)Cn1ccc(C(O)C(F)(F)F)c1. The van der Waals surface area contributed by atoms with Crippen molar-refractivity contribution in [3.05, 3.63) is 24.0 Å². The van der Waals surface area contributed by atoms with E-state index in [0.717, 1.165) is 12.3 Å². The zero-order valence-corrected chi connectivity index (χ0v) is 10.0. The van der Waals surface area contributed by atoms with Crippen LogP contribution in [0.25, 0.3) is 0 Å². The average molecular weight is 264 g/mol. The van der Waals surface area contributed by atoms with Crippen molar-refractivity contribution in [2.24, 2.45) is 0 Å². The summed E-state index contributed by atoms with van der Waals surface area (Å²) >= 11 is 0. The molecule has 0 aliphatic rings. The highest BCUT2D eigenvalue weighted by atomic mass is 19.4. The fraction of sp³-hybridized carbons (Fsp3) is 0.545. The van der Waals surface area contributed by atoms with Crippen molar-refractivity contribution >= 4 is 5.91 Å². The fourth-order valence-electron chi connectivity index (χ4n) is 1.44. The summed E-state index contributed by atoms with van der Waals surface area (Å²) in [4.78, 5) is 11.4. The lowest BCUT2D eigenvalue weighted by Crippen LogP contribution is -2.32. The minimum Gasteiger partial charge on any atom is -0.379 e. The second-order valence-electron chi connectivity index (χ2n) is 4.28. The van der Waals surface area contributed by atoms with Crippen molar-refractivity contribution in [1.82, 2.24) is 9.88 Å². The van der Waals surface area contributed by atoms with Gasteiger partial charge in [0.2, 0.25) is 5.91 Å². The van der Waals surface area contributed by atoms with E-state index < -0.39 is 12.3 Å². The predicted octanol–water partition coefficient (Wildman–Crippen LogP) is 1.61. The third-order valence-corrected chi connectivity index (χ3v) is 2.17. The summed E-state index contributed by atoms with van der Waals surface area (Å²) in [7, 11) is 0. The molecule has 0 bridgehead atoms. The summed E-state index contributed by atoms with van der Waals surface area (Å²) in [6, 6.07) is 1.11. The summed E-state index contributed by atoms with van der Waals surface area (Å²) in [5.74, 6) is -0.298. The van der Waals surface area contributed by atoms with Crippen LogP contribution in [0.4, 0.5) is 13.2 Å². The van der Waals surface area contributed by atoms with Gasteiger partial charge in [-0.3, -0.25) is 4.79 Å². The number of rotatable bonds is 4. The molecule has 4 nitrogen and oxygen atoms in total. The molecule has 0 aromatic carbocycles. The molecule has 0 saturated heterocycles. The number of amides is 1. The Bertz CT molecular complexity index is 413. The lowest BCUT2D eigenvalue weighted by atomic mass is 10.2. The van der Waals surface area contributed by atoms with Crippen LogP contribution in [0.15, 0.2) is 18.5 Å². The quantitative estimate of drug-likeness (QED) is 0.868. The van der Waals surface area contributed by atoms with Gasteiger partial charge in [-0.1, -0.05) is 0 Å².